The Morgan fingerprint density at radius 1 is 1.15 bits per heavy atom. The Labute approximate surface area is 205 Å². The SMILES string of the molecule is COc1cccc(-c2cccnc2C(CCOc2ccccc2Cl)NC(=O)C2CCNCC2)c1. The molecule has 4 rings (SSSR count). The molecule has 1 aromatic heterocycles. The number of para-hydroxylation sites is 1. The molecule has 0 saturated carbocycles. The van der Waals surface area contributed by atoms with Gasteiger partial charge in [0.2, 0.25) is 5.91 Å². The third kappa shape index (κ3) is 6.07. The molecule has 6 nitrogen and oxygen atoms in total. The molecule has 0 aliphatic carbocycles. The molecule has 178 valence electrons. The van der Waals surface area contributed by atoms with E-state index in [0.717, 1.165) is 48.5 Å². The minimum atomic E-state index is -0.313. The van der Waals surface area contributed by atoms with Crippen LogP contribution >= 0.6 is 11.6 Å². The highest BCUT2D eigenvalue weighted by Crippen LogP contribution is 2.31. The number of carbonyl (C=O) groups excluding carboxylic acids is 1. The number of nitrogens with zero attached hydrogens (tertiary/aromatic N) is 1. The van der Waals surface area contributed by atoms with Gasteiger partial charge in [-0.2, -0.15) is 0 Å². The van der Waals surface area contributed by atoms with Crippen LogP contribution in [0.15, 0.2) is 66.9 Å². The Balaban J connectivity index is 1.59. The second-order valence-corrected chi connectivity index (χ2v) is 8.73. The second kappa shape index (κ2) is 11.9. The predicted octanol–water partition coefficient (Wildman–Crippen LogP) is 5.04. The molecular formula is C27H30ClN3O3. The first-order chi connectivity index (χ1) is 16.7. The molecule has 0 spiro atoms. The van der Waals surface area contributed by atoms with Crippen LogP contribution in [0.25, 0.3) is 11.1 Å². The molecule has 2 heterocycles. The summed E-state index contributed by atoms with van der Waals surface area (Å²) >= 11 is 6.25. The van der Waals surface area contributed by atoms with Gasteiger partial charge in [0.25, 0.3) is 0 Å². The lowest BCUT2D eigenvalue weighted by Crippen LogP contribution is -2.40. The normalized spacial score (nSPS) is 14.9. The minimum Gasteiger partial charge on any atom is -0.497 e. The van der Waals surface area contributed by atoms with Crippen LogP contribution in [0.4, 0.5) is 0 Å². The molecule has 1 saturated heterocycles. The molecule has 1 amide bonds. The van der Waals surface area contributed by atoms with Crippen LogP contribution in [-0.2, 0) is 4.79 Å². The van der Waals surface area contributed by atoms with Crippen LogP contribution in [0.5, 0.6) is 11.5 Å². The van der Waals surface area contributed by atoms with E-state index >= 15 is 0 Å². The van der Waals surface area contributed by atoms with E-state index in [2.05, 4.69) is 10.6 Å². The number of halogens is 1. The van der Waals surface area contributed by atoms with Gasteiger partial charge in [0.1, 0.15) is 11.5 Å². The summed E-state index contributed by atoms with van der Waals surface area (Å²) in [5.41, 5.74) is 2.74. The van der Waals surface area contributed by atoms with Crippen molar-refractivity contribution in [2.24, 2.45) is 5.92 Å². The monoisotopic (exact) mass is 479 g/mol. The minimum absolute atomic E-state index is 0.00258. The number of benzene rings is 2. The van der Waals surface area contributed by atoms with E-state index in [1.54, 1.807) is 19.4 Å². The van der Waals surface area contributed by atoms with Crippen molar-refractivity contribution in [2.45, 2.75) is 25.3 Å². The summed E-state index contributed by atoms with van der Waals surface area (Å²) < 4.78 is 11.4. The van der Waals surface area contributed by atoms with Crippen LogP contribution in [0.3, 0.4) is 0 Å². The van der Waals surface area contributed by atoms with E-state index in [4.69, 9.17) is 26.1 Å². The van der Waals surface area contributed by atoms with E-state index in [-0.39, 0.29) is 17.9 Å². The smallest absolute Gasteiger partial charge is 0.223 e. The number of carbonyl (C=O) groups is 1. The zero-order valence-corrected chi connectivity index (χ0v) is 20.1. The number of amides is 1. The summed E-state index contributed by atoms with van der Waals surface area (Å²) in [5, 5.41) is 7.15. The van der Waals surface area contributed by atoms with Gasteiger partial charge in [-0.15, -0.1) is 0 Å². The summed E-state index contributed by atoms with van der Waals surface area (Å²) in [7, 11) is 1.65. The number of ether oxygens (including phenoxy) is 2. The maximum Gasteiger partial charge on any atom is 0.223 e. The van der Waals surface area contributed by atoms with E-state index < -0.39 is 0 Å². The summed E-state index contributed by atoms with van der Waals surface area (Å²) in [6, 6.07) is 18.9. The van der Waals surface area contributed by atoms with E-state index in [9.17, 15) is 4.79 Å². The number of pyridine rings is 1. The van der Waals surface area contributed by atoms with Crippen LogP contribution in [-0.4, -0.2) is 37.7 Å². The van der Waals surface area contributed by atoms with Crippen LogP contribution in [0.2, 0.25) is 5.02 Å². The third-order valence-corrected chi connectivity index (χ3v) is 6.39. The van der Waals surface area contributed by atoms with E-state index in [0.29, 0.717) is 23.8 Å². The molecule has 3 aromatic rings. The molecule has 1 atom stereocenters. The fraction of sp³-hybridized carbons (Fsp3) is 0.333. The Bertz CT molecular complexity index is 1100. The number of nitrogens with one attached hydrogen (secondary N) is 2. The van der Waals surface area contributed by atoms with Gasteiger partial charge in [0, 0.05) is 24.1 Å². The average molecular weight is 480 g/mol. The van der Waals surface area contributed by atoms with Crippen LogP contribution in [0.1, 0.15) is 31.0 Å². The van der Waals surface area contributed by atoms with Crippen molar-refractivity contribution in [3.05, 3.63) is 77.6 Å². The molecule has 1 aliphatic rings. The number of hydrogen-bond acceptors (Lipinski definition) is 5. The van der Waals surface area contributed by atoms with Gasteiger partial charge in [0.05, 0.1) is 30.5 Å². The molecule has 0 bridgehead atoms. The molecule has 1 aliphatic heterocycles. The fourth-order valence-electron chi connectivity index (χ4n) is 4.23. The number of aromatic nitrogens is 1. The zero-order valence-electron chi connectivity index (χ0n) is 19.3. The van der Waals surface area contributed by atoms with Gasteiger partial charge in [-0.3, -0.25) is 9.78 Å². The quantitative estimate of drug-likeness (QED) is 0.450. The fourth-order valence-corrected chi connectivity index (χ4v) is 4.42. The van der Waals surface area contributed by atoms with E-state index in [1.807, 2.05) is 54.6 Å². The van der Waals surface area contributed by atoms with Crippen molar-refractivity contribution in [2.75, 3.05) is 26.8 Å². The lowest BCUT2D eigenvalue weighted by molar-refractivity contribution is -0.126. The Hall–Kier alpha value is -3.09. The Kier molecular flexibility index (Phi) is 8.39. The first-order valence-electron chi connectivity index (χ1n) is 11.6. The van der Waals surface area contributed by atoms with Crippen LogP contribution < -0.4 is 20.1 Å². The molecule has 0 radical (unpaired) electrons. The largest absolute Gasteiger partial charge is 0.497 e. The maximum absolute atomic E-state index is 13.2. The summed E-state index contributed by atoms with van der Waals surface area (Å²) in [4.78, 5) is 17.9. The molecular weight excluding hydrogens is 450 g/mol. The van der Waals surface area contributed by atoms with Crippen molar-refractivity contribution in [3.8, 4) is 22.6 Å². The van der Waals surface area contributed by atoms with Crippen molar-refractivity contribution in [1.29, 1.82) is 0 Å². The number of methoxy groups -OCH3 is 1. The first-order valence-corrected chi connectivity index (χ1v) is 12.0. The van der Waals surface area contributed by atoms with Gasteiger partial charge in [-0.1, -0.05) is 41.9 Å². The van der Waals surface area contributed by atoms with Crippen LogP contribution in [0, 0.1) is 5.92 Å². The summed E-state index contributed by atoms with van der Waals surface area (Å²) in [6.45, 7) is 2.10. The lowest BCUT2D eigenvalue weighted by atomic mass is 9.94. The second-order valence-electron chi connectivity index (χ2n) is 8.32. The van der Waals surface area contributed by atoms with Gasteiger partial charge >= 0.3 is 0 Å². The number of piperidine rings is 1. The van der Waals surface area contributed by atoms with Crippen molar-refractivity contribution < 1.29 is 14.3 Å². The predicted molar refractivity (Wildman–Crippen MR) is 134 cm³/mol. The Morgan fingerprint density at radius 2 is 1.97 bits per heavy atom. The lowest BCUT2D eigenvalue weighted by Gasteiger charge is -2.26. The molecule has 2 aromatic carbocycles. The molecule has 1 fully saturated rings. The topological polar surface area (TPSA) is 72.5 Å². The van der Waals surface area contributed by atoms with Gasteiger partial charge < -0.3 is 20.1 Å². The van der Waals surface area contributed by atoms with Gasteiger partial charge in [0.15, 0.2) is 0 Å². The first kappa shape index (κ1) is 24.0. The molecule has 1 unspecified atom stereocenters. The number of rotatable bonds is 9. The van der Waals surface area contributed by atoms with Gasteiger partial charge in [-0.25, -0.2) is 0 Å². The highest BCUT2D eigenvalue weighted by atomic mass is 35.5. The maximum atomic E-state index is 13.2. The molecule has 34 heavy (non-hydrogen) atoms. The summed E-state index contributed by atoms with van der Waals surface area (Å²) in [6.07, 6.45) is 3.98. The van der Waals surface area contributed by atoms with E-state index in [1.165, 1.54) is 0 Å². The zero-order chi connectivity index (χ0) is 23.8. The van der Waals surface area contributed by atoms with Crippen molar-refractivity contribution in [3.63, 3.8) is 0 Å². The highest BCUT2D eigenvalue weighted by molar-refractivity contribution is 6.32. The standard InChI is InChI=1S/C27H30ClN3O3/c1-33-21-7-4-6-20(18-21)22-8-5-14-30-26(22)24(31-27(32)19-11-15-29-16-12-19)13-17-34-25-10-3-2-9-23(25)28/h2-10,14,18-19,24,29H,11-13,15-17H2,1H3,(H,31,32). The Morgan fingerprint density at radius 3 is 2.76 bits per heavy atom. The van der Waals surface area contributed by atoms with Crippen molar-refractivity contribution in [1.82, 2.24) is 15.6 Å². The molecule has 7 heteroatoms. The average Bonchev–Trinajstić information content (AvgIpc) is 2.89. The third-order valence-electron chi connectivity index (χ3n) is 6.08. The summed E-state index contributed by atoms with van der Waals surface area (Å²) in [5.74, 6) is 1.45. The van der Waals surface area contributed by atoms with Crippen molar-refractivity contribution >= 4 is 17.5 Å². The van der Waals surface area contributed by atoms with Gasteiger partial charge in [-0.05, 0) is 61.8 Å². The number of hydrogen-bond donors (Lipinski definition) is 2. The highest BCUT2D eigenvalue weighted by Gasteiger charge is 2.26. The molecule has 2 N–H and O–H groups in total.